The zero-order chi connectivity index (χ0) is 17.2. The molecule has 1 fully saturated rings. The molecule has 124 valence electrons. The summed E-state index contributed by atoms with van der Waals surface area (Å²) in [4.78, 5) is 0. The van der Waals surface area contributed by atoms with Crippen molar-refractivity contribution in [3.63, 3.8) is 0 Å². The van der Waals surface area contributed by atoms with Gasteiger partial charge in [-0.25, -0.2) is 0 Å². The fourth-order valence-electron chi connectivity index (χ4n) is 2.61. The van der Waals surface area contributed by atoms with E-state index in [0.29, 0.717) is 16.5 Å². The summed E-state index contributed by atoms with van der Waals surface area (Å²) in [6, 6.07) is 4.78. The molecule has 23 heavy (non-hydrogen) atoms. The Morgan fingerprint density at radius 3 is 2.17 bits per heavy atom. The van der Waals surface area contributed by atoms with E-state index in [1.807, 2.05) is 27.7 Å². The Morgan fingerprint density at radius 2 is 1.65 bits per heavy atom. The maximum atomic E-state index is 13.1. The second-order valence-corrected chi connectivity index (χ2v) is 6.83. The van der Waals surface area contributed by atoms with Crippen molar-refractivity contribution < 1.29 is 22.5 Å². The fourth-order valence-corrected chi connectivity index (χ4v) is 2.61. The van der Waals surface area contributed by atoms with E-state index in [9.17, 15) is 13.2 Å². The highest BCUT2D eigenvalue weighted by Crippen LogP contribution is 2.37. The van der Waals surface area contributed by atoms with Gasteiger partial charge in [0.25, 0.3) is 0 Å². The van der Waals surface area contributed by atoms with Gasteiger partial charge in [-0.3, -0.25) is 0 Å². The van der Waals surface area contributed by atoms with Crippen molar-refractivity contribution in [1.29, 1.82) is 0 Å². The number of aromatic nitrogens is 2. The van der Waals surface area contributed by atoms with Crippen LogP contribution in [0.25, 0.3) is 10.9 Å². The van der Waals surface area contributed by atoms with E-state index in [0.717, 1.165) is 0 Å². The van der Waals surface area contributed by atoms with Crippen molar-refractivity contribution in [2.45, 2.75) is 52.1 Å². The monoisotopic (exact) mass is 326 g/mol. The highest BCUT2D eigenvalue weighted by atomic mass is 19.4. The van der Waals surface area contributed by atoms with Gasteiger partial charge < -0.3 is 9.31 Å². The van der Waals surface area contributed by atoms with Crippen LogP contribution in [0.1, 0.15) is 33.4 Å². The molecule has 1 aliphatic rings. The van der Waals surface area contributed by atoms with E-state index < -0.39 is 24.6 Å². The van der Waals surface area contributed by atoms with Gasteiger partial charge in [-0.15, -0.1) is 13.2 Å². The van der Waals surface area contributed by atoms with Gasteiger partial charge in [0.05, 0.1) is 22.4 Å². The highest BCUT2D eigenvalue weighted by molar-refractivity contribution is 6.62. The number of nitrogens with zero attached hydrogens (tertiary/aromatic N) is 2. The molecule has 0 atom stereocenters. The summed E-state index contributed by atoms with van der Waals surface area (Å²) in [7, 11) is -0.707. The molecule has 3 rings (SSSR count). The number of hydrogen-bond donors (Lipinski definition) is 0. The number of halogens is 3. The first-order valence-electron chi connectivity index (χ1n) is 7.34. The van der Waals surface area contributed by atoms with Crippen molar-refractivity contribution in [2.24, 2.45) is 0 Å². The van der Waals surface area contributed by atoms with Gasteiger partial charge in [0.15, 0.2) is 0 Å². The summed E-state index contributed by atoms with van der Waals surface area (Å²) in [5.41, 5.74) is -0.221. The second kappa shape index (κ2) is 4.74. The first-order valence-corrected chi connectivity index (χ1v) is 7.34. The lowest BCUT2D eigenvalue weighted by Gasteiger charge is -2.32. The molecule has 0 spiro atoms. The molecule has 1 aromatic carbocycles. The summed E-state index contributed by atoms with van der Waals surface area (Å²) in [5, 5.41) is 4.06. The predicted molar refractivity (Wildman–Crippen MR) is 81.5 cm³/mol. The minimum atomic E-state index is -4.57. The third kappa shape index (κ3) is 2.53. The van der Waals surface area contributed by atoms with E-state index in [-0.39, 0.29) is 10.2 Å². The standard InChI is InChI=1S/C15H18BF3N2O2/c1-9-11-7-6-10(8-12(11)21(20-9)15(17,18)19)16-22-13(2,3)14(4,5)23-16/h6-8H,1-5H3. The van der Waals surface area contributed by atoms with E-state index in [2.05, 4.69) is 5.10 Å². The molecular weight excluding hydrogens is 308 g/mol. The average Bonchev–Trinajstić information content (AvgIpc) is 2.84. The van der Waals surface area contributed by atoms with Crippen molar-refractivity contribution >= 4 is 23.5 Å². The van der Waals surface area contributed by atoms with Gasteiger partial charge in [0.2, 0.25) is 0 Å². The van der Waals surface area contributed by atoms with Gasteiger partial charge >= 0.3 is 13.4 Å². The first-order chi connectivity index (χ1) is 10.4. The molecule has 0 bridgehead atoms. The lowest BCUT2D eigenvalue weighted by molar-refractivity contribution is -0.209. The third-order valence-electron chi connectivity index (χ3n) is 4.66. The highest BCUT2D eigenvalue weighted by Gasteiger charge is 2.51. The molecular formula is C15H18BF3N2O2. The molecule has 0 amide bonds. The quantitative estimate of drug-likeness (QED) is 0.756. The Morgan fingerprint density at radius 1 is 1.09 bits per heavy atom. The van der Waals surface area contributed by atoms with Gasteiger partial charge in [-0.2, -0.15) is 9.78 Å². The van der Waals surface area contributed by atoms with Crippen LogP contribution < -0.4 is 5.46 Å². The molecule has 1 aliphatic heterocycles. The normalized spacial score (nSPS) is 20.4. The number of alkyl halides is 3. The van der Waals surface area contributed by atoms with E-state index in [4.69, 9.17) is 9.31 Å². The maximum absolute atomic E-state index is 13.1. The molecule has 0 aliphatic carbocycles. The summed E-state index contributed by atoms with van der Waals surface area (Å²) < 4.78 is 51.3. The molecule has 4 nitrogen and oxygen atoms in total. The van der Waals surface area contributed by atoms with Crippen LogP contribution in [0.3, 0.4) is 0 Å². The maximum Gasteiger partial charge on any atom is 0.505 e. The van der Waals surface area contributed by atoms with Crippen LogP contribution in [0.15, 0.2) is 18.2 Å². The largest absolute Gasteiger partial charge is 0.505 e. The zero-order valence-electron chi connectivity index (χ0n) is 13.7. The zero-order valence-corrected chi connectivity index (χ0v) is 13.7. The lowest BCUT2D eigenvalue weighted by Crippen LogP contribution is -2.41. The summed E-state index contributed by atoms with van der Waals surface area (Å²) >= 11 is 0. The Kier molecular flexibility index (Phi) is 3.36. The van der Waals surface area contributed by atoms with Crippen LogP contribution >= 0.6 is 0 Å². The SMILES string of the molecule is Cc1nn(C(F)(F)F)c2cc(B3OC(C)(C)C(C)(C)O3)ccc12. The van der Waals surface area contributed by atoms with Crippen LogP contribution in [0.5, 0.6) is 0 Å². The Hall–Kier alpha value is -1.54. The number of fused-ring (bicyclic) bond motifs is 1. The summed E-state index contributed by atoms with van der Waals surface area (Å²) in [6.45, 7) is 9.15. The number of rotatable bonds is 1. The average molecular weight is 326 g/mol. The van der Waals surface area contributed by atoms with Crippen molar-refractivity contribution in [3.05, 3.63) is 23.9 Å². The molecule has 1 saturated heterocycles. The van der Waals surface area contributed by atoms with Crippen LogP contribution in [0, 0.1) is 6.92 Å². The van der Waals surface area contributed by atoms with Crippen LogP contribution in [-0.2, 0) is 15.6 Å². The van der Waals surface area contributed by atoms with Gasteiger partial charge in [0, 0.05) is 5.39 Å². The van der Waals surface area contributed by atoms with Crippen molar-refractivity contribution in [3.8, 4) is 0 Å². The van der Waals surface area contributed by atoms with Crippen LogP contribution in [0.4, 0.5) is 13.2 Å². The van der Waals surface area contributed by atoms with Gasteiger partial charge in [-0.1, -0.05) is 12.1 Å². The Balaban J connectivity index is 2.08. The molecule has 0 radical (unpaired) electrons. The minimum Gasteiger partial charge on any atom is -0.399 e. The number of aryl methyl sites for hydroxylation is 1. The number of hydrogen-bond acceptors (Lipinski definition) is 3. The van der Waals surface area contributed by atoms with E-state index in [1.165, 1.54) is 6.07 Å². The molecule has 2 heterocycles. The Bertz CT molecular complexity index is 752. The second-order valence-electron chi connectivity index (χ2n) is 6.83. The van der Waals surface area contributed by atoms with E-state index in [1.54, 1.807) is 19.1 Å². The van der Waals surface area contributed by atoms with Gasteiger partial charge in [-0.05, 0) is 46.1 Å². The fraction of sp³-hybridized carbons (Fsp3) is 0.533. The third-order valence-corrected chi connectivity index (χ3v) is 4.66. The molecule has 0 N–H and O–H groups in total. The summed E-state index contributed by atoms with van der Waals surface area (Å²) in [5.74, 6) is 0. The first kappa shape index (κ1) is 16.3. The minimum absolute atomic E-state index is 0.00205. The summed E-state index contributed by atoms with van der Waals surface area (Å²) in [6.07, 6.45) is -4.57. The predicted octanol–water partition coefficient (Wildman–Crippen LogP) is 3.12. The van der Waals surface area contributed by atoms with Crippen molar-refractivity contribution in [2.75, 3.05) is 0 Å². The van der Waals surface area contributed by atoms with Crippen molar-refractivity contribution in [1.82, 2.24) is 9.78 Å². The van der Waals surface area contributed by atoms with E-state index >= 15 is 0 Å². The smallest absolute Gasteiger partial charge is 0.399 e. The number of benzene rings is 1. The molecule has 2 aromatic rings. The topological polar surface area (TPSA) is 36.3 Å². The lowest BCUT2D eigenvalue weighted by atomic mass is 9.79. The Labute approximate surface area is 132 Å². The molecule has 0 saturated carbocycles. The van der Waals surface area contributed by atoms with Gasteiger partial charge in [0.1, 0.15) is 0 Å². The van der Waals surface area contributed by atoms with Crippen LogP contribution in [-0.4, -0.2) is 28.1 Å². The molecule has 8 heteroatoms. The van der Waals surface area contributed by atoms with Crippen LogP contribution in [0.2, 0.25) is 0 Å². The molecule has 1 aromatic heterocycles. The molecule has 0 unspecified atom stereocenters.